The molecule has 3 heterocycles. The first kappa shape index (κ1) is 15.7. The lowest BCUT2D eigenvalue weighted by Gasteiger charge is -2.19. The van der Waals surface area contributed by atoms with Gasteiger partial charge >= 0.3 is 0 Å². The Kier molecular flexibility index (Phi) is 4.35. The van der Waals surface area contributed by atoms with Gasteiger partial charge in [-0.2, -0.15) is 0 Å². The molecule has 1 aliphatic rings. The van der Waals surface area contributed by atoms with Crippen molar-refractivity contribution >= 4 is 23.2 Å². The number of fused-ring (bicyclic) bond motifs is 1. The molecule has 0 amide bonds. The molecule has 0 unspecified atom stereocenters. The van der Waals surface area contributed by atoms with Gasteiger partial charge in [-0.15, -0.1) is 11.3 Å². The molecule has 0 fully saturated rings. The summed E-state index contributed by atoms with van der Waals surface area (Å²) in [5.74, 6) is 1.28. The van der Waals surface area contributed by atoms with E-state index >= 15 is 0 Å². The fourth-order valence-electron chi connectivity index (χ4n) is 2.63. The largest absolute Gasteiger partial charge is 0.492 e. The van der Waals surface area contributed by atoms with Crippen LogP contribution >= 0.6 is 11.3 Å². The summed E-state index contributed by atoms with van der Waals surface area (Å²) in [4.78, 5) is 17.7. The third kappa shape index (κ3) is 3.49. The first-order valence-corrected chi connectivity index (χ1v) is 8.82. The Labute approximate surface area is 149 Å². The Morgan fingerprint density at radius 3 is 3.12 bits per heavy atom. The van der Waals surface area contributed by atoms with Gasteiger partial charge in [0.25, 0.3) is 0 Å². The standard InChI is InChI=1S/C19H16N2O3S/c22-19-14(10-16-2-1-9-25-16)12-24-18-11-15(3-4-17(18)19)23-8-7-21-6-5-20-13-21/h1-6,9-11,13H,7-8,12H2/b14-10+. The quantitative estimate of drug-likeness (QED) is 0.657. The number of carbonyl (C=O) groups is 1. The SMILES string of the molecule is O=C1/C(=C/c2cccs2)COc2cc(OCCn3ccnc3)ccc21. The molecule has 126 valence electrons. The van der Waals surface area contributed by atoms with Crippen LogP contribution in [-0.2, 0) is 6.54 Å². The van der Waals surface area contributed by atoms with E-state index in [1.54, 1.807) is 36.0 Å². The van der Waals surface area contributed by atoms with Crippen molar-refractivity contribution in [2.24, 2.45) is 0 Å². The second kappa shape index (κ2) is 6.94. The van der Waals surface area contributed by atoms with E-state index in [0.717, 1.165) is 4.88 Å². The predicted molar refractivity (Wildman–Crippen MR) is 96.3 cm³/mol. The van der Waals surface area contributed by atoms with Gasteiger partial charge in [-0.05, 0) is 29.7 Å². The van der Waals surface area contributed by atoms with E-state index in [1.807, 2.05) is 40.4 Å². The van der Waals surface area contributed by atoms with Crippen LogP contribution < -0.4 is 9.47 Å². The van der Waals surface area contributed by atoms with Crippen molar-refractivity contribution in [3.63, 3.8) is 0 Å². The summed E-state index contributed by atoms with van der Waals surface area (Å²) in [6, 6.07) is 9.31. The summed E-state index contributed by atoms with van der Waals surface area (Å²) in [6.45, 7) is 1.51. The molecule has 5 nitrogen and oxygen atoms in total. The number of nitrogens with zero attached hydrogens (tertiary/aromatic N) is 2. The number of rotatable bonds is 5. The van der Waals surface area contributed by atoms with Crippen LogP contribution in [0.15, 0.2) is 60.0 Å². The van der Waals surface area contributed by atoms with Gasteiger partial charge in [0.05, 0.1) is 18.4 Å². The molecule has 0 saturated carbocycles. The first-order valence-electron chi connectivity index (χ1n) is 7.94. The van der Waals surface area contributed by atoms with Crippen molar-refractivity contribution in [1.29, 1.82) is 0 Å². The molecule has 3 aromatic rings. The average molecular weight is 352 g/mol. The summed E-state index contributed by atoms with van der Waals surface area (Å²) in [5.41, 5.74) is 1.25. The van der Waals surface area contributed by atoms with Crippen LogP contribution in [0.1, 0.15) is 15.2 Å². The van der Waals surface area contributed by atoms with E-state index < -0.39 is 0 Å². The molecule has 0 saturated heterocycles. The van der Waals surface area contributed by atoms with Crippen LogP contribution in [0, 0.1) is 0 Å². The highest BCUT2D eigenvalue weighted by Crippen LogP contribution is 2.32. The summed E-state index contributed by atoms with van der Waals surface area (Å²) in [7, 11) is 0. The molecule has 25 heavy (non-hydrogen) atoms. The third-order valence-corrected chi connectivity index (χ3v) is 4.73. The van der Waals surface area contributed by atoms with E-state index in [0.29, 0.717) is 35.8 Å². The zero-order valence-corrected chi connectivity index (χ0v) is 14.2. The molecule has 0 spiro atoms. The number of ketones is 1. The molecule has 1 aromatic carbocycles. The van der Waals surface area contributed by atoms with Gasteiger partial charge in [-0.3, -0.25) is 4.79 Å². The lowest BCUT2D eigenvalue weighted by Crippen LogP contribution is -2.19. The Morgan fingerprint density at radius 2 is 2.32 bits per heavy atom. The first-order chi connectivity index (χ1) is 12.3. The maximum absolute atomic E-state index is 12.6. The molecule has 0 atom stereocenters. The number of ether oxygens (including phenoxy) is 2. The maximum atomic E-state index is 12.6. The highest BCUT2D eigenvalue weighted by atomic mass is 32.1. The number of hydrogen-bond acceptors (Lipinski definition) is 5. The van der Waals surface area contributed by atoms with Crippen LogP contribution in [0.5, 0.6) is 11.5 Å². The zero-order chi connectivity index (χ0) is 17.1. The van der Waals surface area contributed by atoms with E-state index in [9.17, 15) is 4.79 Å². The second-order valence-corrected chi connectivity index (χ2v) is 6.59. The van der Waals surface area contributed by atoms with E-state index in [1.165, 1.54) is 0 Å². The van der Waals surface area contributed by atoms with E-state index in [-0.39, 0.29) is 12.4 Å². The normalized spacial score (nSPS) is 15.0. The van der Waals surface area contributed by atoms with Gasteiger partial charge < -0.3 is 14.0 Å². The minimum absolute atomic E-state index is 0.0135. The summed E-state index contributed by atoms with van der Waals surface area (Å²) < 4.78 is 13.5. The van der Waals surface area contributed by atoms with Crippen LogP contribution in [0.2, 0.25) is 0 Å². The van der Waals surface area contributed by atoms with Crippen LogP contribution in [-0.4, -0.2) is 28.5 Å². The van der Waals surface area contributed by atoms with Crippen LogP contribution in [0.25, 0.3) is 6.08 Å². The predicted octanol–water partition coefficient (Wildman–Crippen LogP) is 3.68. The van der Waals surface area contributed by atoms with Crippen molar-refractivity contribution in [3.05, 3.63) is 70.4 Å². The number of Topliss-reactive ketones (excluding diaryl/α,β-unsaturated/α-hetero) is 1. The molecule has 0 N–H and O–H groups in total. The van der Waals surface area contributed by atoms with E-state index in [2.05, 4.69) is 4.98 Å². The number of thiophene rings is 1. The second-order valence-electron chi connectivity index (χ2n) is 5.61. The van der Waals surface area contributed by atoms with Gasteiger partial charge in [-0.1, -0.05) is 6.07 Å². The monoisotopic (exact) mass is 352 g/mol. The Balaban J connectivity index is 1.46. The highest BCUT2D eigenvalue weighted by molar-refractivity contribution is 7.10. The molecular weight excluding hydrogens is 336 g/mol. The molecule has 0 radical (unpaired) electrons. The molecule has 4 rings (SSSR count). The molecular formula is C19H16N2O3S. The summed E-state index contributed by atoms with van der Waals surface area (Å²) in [5, 5.41) is 1.99. The Morgan fingerprint density at radius 1 is 1.36 bits per heavy atom. The minimum Gasteiger partial charge on any atom is -0.492 e. The molecule has 0 bridgehead atoms. The maximum Gasteiger partial charge on any atom is 0.196 e. The molecule has 0 aliphatic carbocycles. The topological polar surface area (TPSA) is 53.4 Å². The van der Waals surface area contributed by atoms with Crippen molar-refractivity contribution in [3.8, 4) is 11.5 Å². The lowest BCUT2D eigenvalue weighted by molar-refractivity contribution is 0.100. The summed E-state index contributed by atoms with van der Waals surface area (Å²) in [6.07, 6.45) is 7.27. The number of aromatic nitrogens is 2. The van der Waals surface area contributed by atoms with Gasteiger partial charge in [0.15, 0.2) is 5.78 Å². The molecule has 1 aliphatic heterocycles. The van der Waals surface area contributed by atoms with Crippen molar-refractivity contribution < 1.29 is 14.3 Å². The fraction of sp³-hybridized carbons (Fsp3) is 0.158. The smallest absolute Gasteiger partial charge is 0.196 e. The number of benzene rings is 1. The minimum atomic E-state index is 0.0135. The van der Waals surface area contributed by atoms with Crippen LogP contribution in [0.4, 0.5) is 0 Å². The van der Waals surface area contributed by atoms with Gasteiger partial charge in [0, 0.05) is 28.9 Å². The van der Waals surface area contributed by atoms with E-state index in [4.69, 9.17) is 9.47 Å². The number of hydrogen-bond donors (Lipinski definition) is 0. The highest BCUT2D eigenvalue weighted by Gasteiger charge is 2.23. The van der Waals surface area contributed by atoms with Gasteiger partial charge in [0.1, 0.15) is 24.7 Å². The van der Waals surface area contributed by atoms with Gasteiger partial charge in [-0.25, -0.2) is 4.98 Å². The van der Waals surface area contributed by atoms with Crippen molar-refractivity contribution in [2.75, 3.05) is 13.2 Å². The third-order valence-electron chi connectivity index (χ3n) is 3.91. The number of carbonyl (C=O) groups excluding carboxylic acids is 1. The van der Waals surface area contributed by atoms with Gasteiger partial charge in [0.2, 0.25) is 0 Å². The fourth-order valence-corrected chi connectivity index (χ4v) is 3.32. The summed E-state index contributed by atoms with van der Waals surface area (Å²) >= 11 is 1.60. The lowest BCUT2D eigenvalue weighted by atomic mass is 9.99. The zero-order valence-electron chi connectivity index (χ0n) is 13.4. The molecule has 6 heteroatoms. The Bertz CT molecular complexity index is 899. The van der Waals surface area contributed by atoms with Crippen molar-refractivity contribution in [1.82, 2.24) is 9.55 Å². The van der Waals surface area contributed by atoms with Crippen molar-refractivity contribution in [2.45, 2.75) is 6.54 Å². The van der Waals surface area contributed by atoms with Crippen LogP contribution in [0.3, 0.4) is 0 Å². The molecule has 2 aromatic heterocycles. The average Bonchev–Trinajstić information content (AvgIpc) is 3.31. The number of imidazole rings is 1. The Hall–Kier alpha value is -2.86.